The van der Waals surface area contributed by atoms with E-state index in [-0.39, 0.29) is 6.04 Å². The lowest BCUT2D eigenvalue weighted by atomic mass is 9.98. The lowest BCUT2D eigenvalue weighted by molar-refractivity contribution is 0.390. The highest BCUT2D eigenvalue weighted by Crippen LogP contribution is 2.40. The van der Waals surface area contributed by atoms with Gasteiger partial charge in [-0.25, -0.2) is 0 Å². The van der Waals surface area contributed by atoms with Crippen molar-refractivity contribution >= 4 is 23.4 Å². The van der Waals surface area contributed by atoms with Crippen LogP contribution >= 0.6 is 23.4 Å². The molecule has 2 rings (SSSR count). The molecule has 2 aromatic rings. The highest BCUT2D eigenvalue weighted by Gasteiger charge is 2.19. The maximum Gasteiger partial charge on any atom is 0.146 e. The van der Waals surface area contributed by atoms with Crippen molar-refractivity contribution < 1.29 is 9.47 Å². The van der Waals surface area contributed by atoms with Gasteiger partial charge in [0.2, 0.25) is 0 Å². The van der Waals surface area contributed by atoms with Crippen LogP contribution in [-0.4, -0.2) is 20.5 Å². The van der Waals surface area contributed by atoms with Gasteiger partial charge >= 0.3 is 0 Å². The van der Waals surface area contributed by atoms with Crippen LogP contribution in [0.15, 0.2) is 41.3 Å². The summed E-state index contributed by atoms with van der Waals surface area (Å²) >= 11 is 7.98. The molecule has 0 spiro atoms. The maximum atomic E-state index is 6.36. The first kappa shape index (κ1) is 16.0. The first-order chi connectivity index (χ1) is 10.1. The highest BCUT2D eigenvalue weighted by molar-refractivity contribution is 7.98. The Balaban J connectivity index is 2.42. The average Bonchev–Trinajstić information content (AvgIpc) is 2.54. The molecule has 0 saturated carbocycles. The van der Waals surface area contributed by atoms with Gasteiger partial charge in [-0.1, -0.05) is 23.7 Å². The van der Waals surface area contributed by atoms with Crippen LogP contribution in [0.1, 0.15) is 17.2 Å². The Morgan fingerprint density at radius 1 is 1.05 bits per heavy atom. The summed E-state index contributed by atoms with van der Waals surface area (Å²) < 4.78 is 10.6. The predicted molar refractivity (Wildman–Crippen MR) is 88.8 cm³/mol. The normalized spacial score (nSPS) is 12.0. The smallest absolute Gasteiger partial charge is 0.146 e. The van der Waals surface area contributed by atoms with Crippen molar-refractivity contribution in [3.63, 3.8) is 0 Å². The van der Waals surface area contributed by atoms with Gasteiger partial charge < -0.3 is 15.2 Å². The maximum absolute atomic E-state index is 6.36. The van der Waals surface area contributed by atoms with Crippen LogP contribution in [0.3, 0.4) is 0 Å². The topological polar surface area (TPSA) is 44.5 Å². The highest BCUT2D eigenvalue weighted by atomic mass is 35.5. The number of nitrogens with two attached hydrogens (primary N) is 1. The molecule has 21 heavy (non-hydrogen) atoms. The van der Waals surface area contributed by atoms with Crippen LogP contribution in [0.4, 0.5) is 0 Å². The molecular weight excluding hydrogens is 306 g/mol. The Morgan fingerprint density at radius 3 is 2.24 bits per heavy atom. The van der Waals surface area contributed by atoms with Crippen LogP contribution in [-0.2, 0) is 0 Å². The van der Waals surface area contributed by atoms with Gasteiger partial charge in [0.1, 0.15) is 16.5 Å². The molecule has 0 aliphatic heterocycles. The van der Waals surface area contributed by atoms with E-state index >= 15 is 0 Å². The summed E-state index contributed by atoms with van der Waals surface area (Å²) in [6, 6.07) is 11.5. The number of thioether (sulfide) groups is 1. The van der Waals surface area contributed by atoms with Gasteiger partial charge in [-0.15, -0.1) is 11.8 Å². The summed E-state index contributed by atoms with van der Waals surface area (Å²) in [5, 5.41) is 0.439. The fraction of sp³-hybridized carbons (Fsp3) is 0.250. The van der Waals surface area contributed by atoms with E-state index in [1.54, 1.807) is 32.0 Å². The fourth-order valence-electron chi connectivity index (χ4n) is 2.15. The molecule has 3 nitrogen and oxygen atoms in total. The molecule has 0 fully saturated rings. The molecule has 5 heteroatoms. The van der Waals surface area contributed by atoms with E-state index in [0.717, 1.165) is 11.1 Å². The Kier molecular flexibility index (Phi) is 5.39. The Hall–Kier alpha value is -1.36. The third-order valence-electron chi connectivity index (χ3n) is 3.33. The van der Waals surface area contributed by atoms with Gasteiger partial charge in [-0.3, -0.25) is 0 Å². The van der Waals surface area contributed by atoms with E-state index < -0.39 is 0 Å². The molecule has 112 valence electrons. The van der Waals surface area contributed by atoms with Gasteiger partial charge in [-0.05, 0) is 36.1 Å². The number of ether oxygens (including phenoxy) is 2. The van der Waals surface area contributed by atoms with Crippen molar-refractivity contribution in [2.45, 2.75) is 10.9 Å². The second-order valence-electron chi connectivity index (χ2n) is 4.46. The van der Waals surface area contributed by atoms with Crippen molar-refractivity contribution in [3.8, 4) is 11.5 Å². The summed E-state index contributed by atoms with van der Waals surface area (Å²) in [6.45, 7) is 0. The van der Waals surface area contributed by atoms with Crippen LogP contribution in [0, 0.1) is 0 Å². The monoisotopic (exact) mass is 323 g/mol. The van der Waals surface area contributed by atoms with E-state index in [0.29, 0.717) is 16.5 Å². The third-order valence-corrected chi connectivity index (χ3v) is 4.43. The standard InChI is InChI=1S/C16H18ClNO2S/c1-19-13-9-8-12(16(20-2)14(13)17)15(18)10-4-6-11(21-3)7-5-10/h4-9,15H,18H2,1-3H3. The second-order valence-corrected chi connectivity index (χ2v) is 5.71. The molecule has 0 radical (unpaired) electrons. The van der Waals surface area contributed by atoms with Crippen molar-refractivity contribution in [2.75, 3.05) is 20.5 Å². The molecule has 0 aromatic heterocycles. The second kappa shape index (κ2) is 7.07. The summed E-state index contributed by atoms with van der Waals surface area (Å²) in [7, 11) is 3.15. The Morgan fingerprint density at radius 2 is 1.71 bits per heavy atom. The zero-order valence-corrected chi connectivity index (χ0v) is 13.8. The van der Waals surface area contributed by atoms with Crippen LogP contribution in [0.2, 0.25) is 5.02 Å². The first-order valence-electron chi connectivity index (χ1n) is 6.42. The van der Waals surface area contributed by atoms with Crippen molar-refractivity contribution in [1.82, 2.24) is 0 Å². The quantitative estimate of drug-likeness (QED) is 0.840. The molecule has 0 heterocycles. The zero-order chi connectivity index (χ0) is 15.4. The number of benzene rings is 2. The number of rotatable bonds is 5. The van der Waals surface area contributed by atoms with Crippen molar-refractivity contribution in [1.29, 1.82) is 0 Å². The van der Waals surface area contributed by atoms with Gasteiger partial charge in [-0.2, -0.15) is 0 Å². The van der Waals surface area contributed by atoms with E-state index in [1.807, 2.05) is 24.5 Å². The van der Waals surface area contributed by atoms with Gasteiger partial charge in [0.25, 0.3) is 0 Å². The van der Waals surface area contributed by atoms with Crippen LogP contribution in [0.5, 0.6) is 11.5 Å². The first-order valence-corrected chi connectivity index (χ1v) is 8.02. The van der Waals surface area contributed by atoms with E-state index in [9.17, 15) is 0 Å². The minimum absolute atomic E-state index is 0.306. The third kappa shape index (κ3) is 3.28. The minimum Gasteiger partial charge on any atom is -0.495 e. The lowest BCUT2D eigenvalue weighted by Gasteiger charge is -2.18. The van der Waals surface area contributed by atoms with E-state index in [2.05, 4.69) is 12.1 Å². The van der Waals surface area contributed by atoms with E-state index in [4.69, 9.17) is 26.8 Å². The van der Waals surface area contributed by atoms with Gasteiger partial charge in [0.15, 0.2) is 0 Å². The zero-order valence-electron chi connectivity index (χ0n) is 12.2. The van der Waals surface area contributed by atoms with Gasteiger partial charge in [0, 0.05) is 10.5 Å². The molecule has 0 amide bonds. The predicted octanol–water partition coefficient (Wildman–Crippen LogP) is 4.13. The summed E-state index contributed by atoms with van der Waals surface area (Å²) in [4.78, 5) is 1.20. The molecule has 0 aliphatic carbocycles. The SMILES string of the molecule is COc1ccc(C(N)c2ccc(SC)cc2)c(OC)c1Cl. The Labute approximate surface area is 134 Å². The fourth-order valence-corrected chi connectivity index (χ4v) is 2.89. The van der Waals surface area contributed by atoms with Crippen molar-refractivity contribution in [3.05, 3.63) is 52.5 Å². The number of hydrogen-bond donors (Lipinski definition) is 1. The molecule has 0 saturated heterocycles. The average molecular weight is 324 g/mol. The Bertz CT molecular complexity index is 616. The summed E-state index contributed by atoms with van der Waals surface area (Å²) in [5.74, 6) is 1.12. The molecular formula is C16H18ClNO2S. The number of halogens is 1. The molecule has 1 unspecified atom stereocenters. The lowest BCUT2D eigenvalue weighted by Crippen LogP contribution is -2.13. The van der Waals surface area contributed by atoms with Gasteiger partial charge in [0.05, 0.1) is 20.3 Å². The molecule has 2 N–H and O–H groups in total. The summed E-state index contributed by atoms with van der Waals surface area (Å²) in [5.41, 5.74) is 8.20. The molecule has 0 bridgehead atoms. The molecule has 0 aliphatic rings. The number of hydrogen-bond acceptors (Lipinski definition) is 4. The number of methoxy groups -OCH3 is 2. The molecule has 2 aromatic carbocycles. The van der Waals surface area contributed by atoms with E-state index in [1.165, 1.54) is 4.90 Å². The largest absolute Gasteiger partial charge is 0.495 e. The minimum atomic E-state index is -0.306. The van der Waals surface area contributed by atoms with Crippen molar-refractivity contribution in [2.24, 2.45) is 5.73 Å². The molecule has 1 atom stereocenters. The van der Waals surface area contributed by atoms with Crippen LogP contribution < -0.4 is 15.2 Å². The van der Waals surface area contributed by atoms with Crippen LogP contribution in [0.25, 0.3) is 0 Å². The summed E-state index contributed by atoms with van der Waals surface area (Å²) in [6.07, 6.45) is 2.04.